The van der Waals surface area contributed by atoms with Gasteiger partial charge in [-0.2, -0.15) is 0 Å². The lowest BCUT2D eigenvalue weighted by Crippen LogP contribution is -2.25. The number of aliphatic hydroxyl groups excluding tert-OH is 1. The average molecular weight is 212 g/mol. The van der Waals surface area contributed by atoms with Crippen LogP contribution in [0.25, 0.3) is 0 Å². The van der Waals surface area contributed by atoms with Crippen molar-refractivity contribution in [2.24, 2.45) is 0 Å². The molecule has 0 aromatic heterocycles. The van der Waals surface area contributed by atoms with Crippen LogP contribution in [0.3, 0.4) is 0 Å². The number of aliphatic hydroxyl groups is 2. The first-order valence-electron chi connectivity index (χ1n) is 3.92. The van der Waals surface area contributed by atoms with Gasteiger partial charge < -0.3 is 20.1 Å². The van der Waals surface area contributed by atoms with E-state index in [1.165, 1.54) is 24.3 Å². The Hall–Kier alpha value is -1.92. The molecule has 1 rings (SSSR count). The Balaban J connectivity index is 2.94. The van der Waals surface area contributed by atoms with Gasteiger partial charge in [0.15, 0.2) is 0 Å². The monoisotopic (exact) mass is 212 g/mol. The Labute approximate surface area is 84.3 Å². The van der Waals surface area contributed by atoms with Crippen LogP contribution in [0.15, 0.2) is 24.3 Å². The molecule has 1 aromatic carbocycles. The molecular weight excluding hydrogens is 204 g/mol. The van der Waals surface area contributed by atoms with E-state index < -0.39 is 18.2 Å². The van der Waals surface area contributed by atoms with E-state index in [-0.39, 0.29) is 11.3 Å². The van der Waals surface area contributed by atoms with Gasteiger partial charge >= 0.3 is 11.9 Å². The van der Waals surface area contributed by atoms with Crippen molar-refractivity contribution in [1.29, 1.82) is 0 Å². The zero-order valence-corrected chi connectivity index (χ0v) is 7.45. The van der Waals surface area contributed by atoms with Gasteiger partial charge in [-0.25, -0.2) is 9.59 Å². The number of hydrogen-bond donors (Lipinski definition) is 3. The Morgan fingerprint density at radius 3 is 2.33 bits per heavy atom. The summed E-state index contributed by atoms with van der Waals surface area (Å²) in [5.41, 5.74) is -0.230. The molecule has 0 bridgehead atoms. The molecule has 0 spiro atoms. The van der Waals surface area contributed by atoms with Crippen LogP contribution < -0.4 is 4.74 Å². The number of hydrogen-bond acceptors (Lipinski definition) is 5. The fraction of sp³-hybridized carbons (Fsp3) is 0.111. The molecule has 0 atom stereocenters. The predicted molar refractivity (Wildman–Crippen MR) is 47.3 cm³/mol. The van der Waals surface area contributed by atoms with Gasteiger partial charge in [0.25, 0.3) is 6.29 Å². The summed E-state index contributed by atoms with van der Waals surface area (Å²) in [5.74, 6) is -2.84. The maximum atomic E-state index is 10.8. The van der Waals surface area contributed by atoms with E-state index in [0.29, 0.717) is 0 Å². The van der Waals surface area contributed by atoms with Gasteiger partial charge in [-0.3, -0.25) is 0 Å². The molecule has 6 heteroatoms. The minimum atomic E-state index is -2.29. The summed E-state index contributed by atoms with van der Waals surface area (Å²) in [6.07, 6.45) is -2.29. The van der Waals surface area contributed by atoms with Crippen LogP contribution in [0, 0.1) is 0 Å². The molecule has 0 aliphatic rings. The molecule has 3 N–H and O–H groups in total. The van der Waals surface area contributed by atoms with Gasteiger partial charge in [-0.1, -0.05) is 12.1 Å². The third-order valence-corrected chi connectivity index (χ3v) is 1.54. The number of rotatable bonds is 3. The van der Waals surface area contributed by atoms with Crippen molar-refractivity contribution < 1.29 is 29.6 Å². The van der Waals surface area contributed by atoms with Crippen LogP contribution in [-0.2, 0) is 4.79 Å². The van der Waals surface area contributed by atoms with Crippen LogP contribution in [0.4, 0.5) is 0 Å². The summed E-state index contributed by atoms with van der Waals surface area (Å²) in [4.78, 5) is 21.4. The van der Waals surface area contributed by atoms with Crippen LogP contribution in [-0.4, -0.2) is 33.5 Å². The molecule has 0 heterocycles. The first-order chi connectivity index (χ1) is 7.02. The number of carboxylic acid groups (broad SMARTS) is 1. The van der Waals surface area contributed by atoms with Gasteiger partial charge in [0.1, 0.15) is 11.3 Å². The van der Waals surface area contributed by atoms with Crippen molar-refractivity contribution in [1.82, 2.24) is 0 Å². The van der Waals surface area contributed by atoms with Crippen LogP contribution in [0.5, 0.6) is 5.75 Å². The maximum Gasteiger partial charge on any atom is 0.368 e. The summed E-state index contributed by atoms with van der Waals surface area (Å²) < 4.78 is 4.45. The third kappa shape index (κ3) is 2.76. The van der Waals surface area contributed by atoms with Gasteiger partial charge in [-0.15, -0.1) is 0 Å². The quantitative estimate of drug-likeness (QED) is 0.358. The highest BCUT2D eigenvalue weighted by Gasteiger charge is 2.17. The van der Waals surface area contributed by atoms with Gasteiger partial charge in [0.2, 0.25) is 0 Å². The molecule has 0 aliphatic heterocycles. The smallest absolute Gasteiger partial charge is 0.368 e. The second-order valence-corrected chi connectivity index (χ2v) is 2.60. The Bertz CT molecular complexity index is 384. The van der Waals surface area contributed by atoms with E-state index in [1.54, 1.807) is 0 Å². The highest BCUT2D eigenvalue weighted by molar-refractivity contribution is 5.92. The zero-order valence-electron chi connectivity index (χ0n) is 7.45. The van der Waals surface area contributed by atoms with Crippen LogP contribution >= 0.6 is 0 Å². The summed E-state index contributed by atoms with van der Waals surface area (Å²) in [6.45, 7) is 0. The van der Waals surface area contributed by atoms with E-state index in [2.05, 4.69) is 4.74 Å². The van der Waals surface area contributed by atoms with Gasteiger partial charge in [-0.05, 0) is 12.1 Å². The topological polar surface area (TPSA) is 104 Å². The number of esters is 1. The number of ether oxygens (including phenoxy) is 1. The van der Waals surface area contributed by atoms with Crippen molar-refractivity contribution in [3.05, 3.63) is 29.8 Å². The Kier molecular flexibility index (Phi) is 3.37. The molecule has 0 radical (unpaired) electrons. The molecule has 0 unspecified atom stereocenters. The first-order valence-corrected chi connectivity index (χ1v) is 3.92. The normalized spacial score (nSPS) is 10.1. The summed E-state index contributed by atoms with van der Waals surface area (Å²) in [6, 6.07) is 5.38. The lowest BCUT2D eigenvalue weighted by atomic mass is 10.2. The summed E-state index contributed by atoms with van der Waals surface area (Å²) >= 11 is 0. The van der Waals surface area contributed by atoms with Crippen LogP contribution in [0.1, 0.15) is 10.4 Å². The van der Waals surface area contributed by atoms with E-state index in [1.807, 2.05) is 0 Å². The van der Waals surface area contributed by atoms with E-state index >= 15 is 0 Å². The SMILES string of the molecule is O=C(O)c1ccccc1OC(=O)C(O)O. The van der Waals surface area contributed by atoms with Crippen molar-refractivity contribution in [2.45, 2.75) is 6.29 Å². The standard InChI is InChI=1S/C9H8O6/c10-7(11)5-3-1-2-4-6(5)15-9(14)8(12)13/h1-4,8,12-13H,(H,10,11). The fourth-order valence-corrected chi connectivity index (χ4v) is 0.893. The number of aromatic carboxylic acids is 1. The molecule has 1 aromatic rings. The number of para-hydroxylation sites is 1. The molecule has 80 valence electrons. The minimum absolute atomic E-state index is 0.230. The highest BCUT2D eigenvalue weighted by atomic mass is 16.6. The van der Waals surface area contributed by atoms with Crippen molar-refractivity contribution in [3.8, 4) is 5.75 Å². The van der Waals surface area contributed by atoms with E-state index in [0.717, 1.165) is 0 Å². The van der Waals surface area contributed by atoms with Gasteiger partial charge in [0.05, 0.1) is 0 Å². The Morgan fingerprint density at radius 1 is 1.20 bits per heavy atom. The fourth-order valence-electron chi connectivity index (χ4n) is 0.893. The number of carbonyl (C=O) groups excluding carboxylic acids is 1. The molecule has 0 aliphatic carbocycles. The molecule has 6 nitrogen and oxygen atoms in total. The third-order valence-electron chi connectivity index (χ3n) is 1.54. The largest absolute Gasteiger partial charge is 0.478 e. The lowest BCUT2D eigenvalue weighted by molar-refractivity contribution is -0.162. The highest BCUT2D eigenvalue weighted by Crippen LogP contribution is 2.18. The first kappa shape index (κ1) is 11.2. The predicted octanol–water partition coefficient (Wildman–Crippen LogP) is -0.399. The second kappa shape index (κ2) is 4.54. The number of benzene rings is 1. The lowest BCUT2D eigenvalue weighted by Gasteiger charge is -2.07. The molecule has 0 fully saturated rings. The van der Waals surface area contributed by atoms with Crippen molar-refractivity contribution in [2.75, 3.05) is 0 Å². The number of carbonyl (C=O) groups is 2. The zero-order chi connectivity index (χ0) is 11.4. The van der Waals surface area contributed by atoms with Crippen molar-refractivity contribution in [3.63, 3.8) is 0 Å². The average Bonchev–Trinajstić information content (AvgIpc) is 2.18. The molecular formula is C9H8O6. The van der Waals surface area contributed by atoms with Crippen LogP contribution in [0.2, 0.25) is 0 Å². The minimum Gasteiger partial charge on any atom is -0.478 e. The molecule has 0 amide bonds. The summed E-state index contributed by atoms with van der Waals surface area (Å²) in [7, 11) is 0. The molecule has 0 saturated heterocycles. The molecule has 15 heavy (non-hydrogen) atoms. The summed E-state index contributed by atoms with van der Waals surface area (Å²) in [5, 5.41) is 25.6. The maximum absolute atomic E-state index is 10.8. The second-order valence-electron chi connectivity index (χ2n) is 2.60. The van der Waals surface area contributed by atoms with E-state index in [9.17, 15) is 9.59 Å². The van der Waals surface area contributed by atoms with Crippen molar-refractivity contribution >= 4 is 11.9 Å². The molecule has 0 saturated carbocycles. The Morgan fingerprint density at radius 2 is 1.80 bits per heavy atom. The van der Waals surface area contributed by atoms with E-state index in [4.69, 9.17) is 15.3 Å². The number of carboxylic acids is 1. The van der Waals surface area contributed by atoms with Gasteiger partial charge in [0, 0.05) is 0 Å².